The zero-order valence-corrected chi connectivity index (χ0v) is 8.49. The van der Waals surface area contributed by atoms with Gasteiger partial charge in [-0.3, -0.25) is 0 Å². The van der Waals surface area contributed by atoms with Crippen molar-refractivity contribution in [3.63, 3.8) is 0 Å². The Kier molecular flexibility index (Phi) is 2.46. The van der Waals surface area contributed by atoms with E-state index in [1.807, 2.05) is 31.2 Å². The van der Waals surface area contributed by atoms with E-state index < -0.39 is 5.60 Å². The number of hydrogen-bond donors (Lipinski definition) is 1. The van der Waals surface area contributed by atoms with Crippen LogP contribution in [-0.4, -0.2) is 11.7 Å². The van der Waals surface area contributed by atoms with E-state index in [9.17, 15) is 5.11 Å². The van der Waals surface area contributed by atoms with Crippen LogP contribution in [0.25, 0.3) is 0 Å². The van der Waals surface area contributed by atoms with Crippen LogP contribution in [0.4, 0.5) is 0 Å². The maximum atomic E-state index is 10.1. The quantitative estimate of drug-likeness (QED) is 0.797. The highest BCUT2D eigenvalue weighted by molar-refractivity contribution is 5.31. The molecule has 0 unspecified atom stereocenters. The van der Waals surface area contributed by atoms with Gasteiger partial charge in [-0.05, 0) is 43.9 Å². The van der Waals surface area contributed by atoms with E-state index in [0.717, 1.165) is 30.6 Å². The Morgan fingerprint density at radius 2 is 1.93 bits per heavy atom. The van der Waals surface area contributed by atoms with E-state index in [4.69, 9.17) is 4.74 Å². The summed E-state index contributed by atoms with van der Waals surface area (Å²) in [7, 11) is 0. The Morgan fingerprint density at radius 1 is 1.29 bits per heavy atom. The standard InChI is InChI=1S/C12H16O2/c1-2-14-11-6-4-10(5-7-11)12(13)8-3-9-12/h4-7,13H,2-3,8-9H2,1H3. The average molecular weight is 192 g/mol. The molecule has 1 saturated carbocycles. The average Bonchev–Trinajstić information content (AvgIpc) is 2.16. The van der Waals surface area contributed by atoms with Crippen LogP contribution in [0.5, 0.6) is 5.75 Å². The Hall–Kier alpha value is -1.02. The summed E-state index contributed by atoms with van der Waals surface area (Å²) >= 11 is 0. The molecule has 14 heavy (non-hydrogen) atoms. The summed E-state index contributed by atoms with van der Waals surface area (Å²) in [6.45, 7) is 2.65. The summed E-state index contributed by atoms with van der Waals surface area (Å²) < 4.78 is 5.34. The molecule has 0 spiro atoms. The molecule has 1 N–H and O–H groups in total. The van der Waals surface area contributed by atoms with E-state index in [-0.39, 0.29) is 0 Å². The fourth-order valence-electron chi connectivity index (χ4n) is 1.83. The van der Waals surface area contributed by atoms with Crippen molar-refractivity contribution in [2.75, 3.05) is 6.61 Å². The number of hydrogen-bond acceptors (Lipinski definition) is 2. The molecule has 1 aliphatic carbocycles. The van der Waals surface area contributed by atoms with Gasteiger partial charge in [0.2, 0.25) is 0 Å². The smallest absolute Gasteiger partial charge is 0.119 e. The molecular weight excluding hydrogens is 176 g/mol. The topological polar surface area (TPSA) is 29.5 Å². The van der Waals surface area contributed by atoms with Gasteiger partial charge in [0, 0.05) is 0 Å². The molecule has 0 radical (unpaired) electrons. The number of benzene rings is 1. The number of rotatable bonds is 3. The van der Waals surface area contributed by atoms with Crippen LogP contribution in [0.2, 0.25) is 0 Å². The van der Waals surface area contributed by atoms with Crippen molar-refractivity contribution in [1.82, 2.24) is 0 Å². The first-order valence-electron chi connectivity index (χ1n) is 5.20. The van der Waals surface area contributed by atoms with Gasteiger partial charge >= 0.3 is 0 Å². The minimum Gasteiger partial charge on any atom is -0.494 e. The third kappa shape index (κ3) is 1.62. The van der Waals surface area contributed by atoms with Gasteiger partial charge < -0.3 is 9.84 Å². The summed E-state index contributed by atoms with van der Waals surface area (Å²) in [4.78, 5) is 0. The first-order valence-corrected chi connectivity index (χ1v) is 5.20. The minimum absolute atomic E-state index is 0.551. The van der Waals surface area contributed by atoms with Gasteiger partial charge in [-0.1, -0.05) is 12.1 Å². The van der Waals surface area contributed by atoms with E-state index in [2.05, 4.69) is 0 Å². The summed E-state index contributed by atoms with van der Waals surface area (Å²) in [5, 5.41) is 10.1. The van der Waals surface area contributed by atoms with Gasteiger partial charge in [0.05, 0.1) is 12.2 Å². The zero-order valence-electron chi connectivity index (χ0n) is 8.49. The van der Waals surface area contributed by atoms with Crippen LogP contribution in [0.3, 0.4) is 0 Å². The molecule has 1 aromatic rings. The largest absolute Gasteiger partial charge is 0.494 e. The molecule has 2 rings (SSSR count). The second-order valence-corrected chi connectivity index (χ2v) is 3.84. The Bertz CT molecular complexity index is 299. The second-order valence-electron chi connectivity index (χ2n) is 3.84. The fourth-order valence-corrected chi connectivity index (χ4v) is 1.83. The molecule has 1 aliphatic rings. The van der Waals surface area contributed by atoms with Crippen LogP contribution in [0.1, 0.15) is 31.7 Å². The maximum absolute atomic E-state index is 10.1. The third-order valence-corrected chi connectivity index (χ3v) is 2.88. The van der Waals surface area contributed by atoms with Crippen molar-refractivity contribution in [3.05, 3.63) is 29.8 Å². The highest BCUT2D eigenvalue weighted by atomic mass is 16.5. The molecule has 2 nitrogen and oxygen atoms in total. The van der Waals surface area contributed by atoms with Gasteiger partial charge in [-0.2, -0.15) is 0 Å². The van der Waals surface area contributed by atoms with Crippen LogP contribution >= 0.6 is 0 Å². The van der Waals surface area contributed by atoms with Crippen LogP contribution < -0.4 is 4.74 Å². The van der Waals surface area contributed by atoms with Crippen molar-refractivity contribution in [2.24, 2.45) is 0 Å². The molecule has 1 fully saturated rings. The zero-order chi connectivity index (χ0) is 10.0. The molecular formula is C12H16O2. The van der Waals surface area contributed by atoms with E-state index in [0.29, 0.717) is 6.61 Å². The first-order chi connectivity index (χ1) is 6.74. The van der Waals surface area contributed by atoms with Crippen LogP contribution in [0, 0.1) is 0 Å². The van der Waals surface area contributed by atoms with Crippen LogP contribution in [-0.2, 0) is 5.60 Å². The highest BCUT2D eigenvalue weighted by Crippen LogP contribution is 2.41. The lowest BCUT2D eigenvalue weighted by Crippen LogP contribution is -2.33. The predicted octanol–water partition coefficient (Wildman–Crippen LogP) is 2.46. The molecule has 0 bridgehead atoms. The second kappa shape index (κ2) is 3.62. The monoisotopic (exact) mass is 192 g/mol. The Labute approximate surface area is 84.5 Å². The molecule has 2 heteroatoms. The molecule has 0 aliphatic heterocycles. The molecule has 76 valence electrons. The fraction of sp³-hybridized carbons (Fsp3) is 0.500. The maximum Gasteiger partial charge on any atom is 0.119 e. The number of aliphatic hydroxyl groups is 1. The van der Waals surface area contributed by atoms with Gasteiger partial charge in [-0.15, -0.1) is 0 Å². The molecule has 0 aromatic heterocycles. The van der Waals surface area contributed by atoms with Gasteiger partial charge in [-0.25, -0.2) is 0 Å². The molecule has 0 atom stereocenters. The third-order valence-electron chi connectivity index (χ3n) is 2.88. The van der Waals surface area contributed by atoms with E-state index >= 15 is 0 Å². The lowest BCUT2D eigenvalue weighted by molar-refractivity contribution is -0.0388. The SMILES string of the molecule is CCOc1ccc(C2(O)CCC2)cc1. The van der Waals surface area contributed by atoms with Gasteiger partial charge in [0.1, 0.15) is 5.75 Å². The summed E-state index contributed by atoms with van der Waals surface area (Å²) in [5.74, 6) is 0.874. The minimum atomic E-state index is -0.551. The molecule has 0 amide bonds. The van der Waals surface area contributed by atoms with Crippen molar-refractivity contribution in [2.45, 2.75) is 31.8 Å². The Balaban J connectivity index is 2.13. The normalized spacial score (nSPS) is 18.7. The van der Waals surface area contributed by atoms with Crippen molar-refractivity contribution >= 4 is 0 Å². The number of ether oxygens (including phenoxy) is 1. The highest BCUT2D eigenvalue weighted by Gasteiger charge is 2.35. The van der Waals surface area contributed by atoms with E-state index in [1.54, 1.807) is 0 Å². The molecule has 0 saturated heterocycles. The van der Waals surface area contributed by atoms with Crippen molar-refractivity contribution in [1.29, 1.82) is 0 Å². The van der Waals surface area contributed by atoms with Crippen molar-refractivity contribution < 1.29 is 9.84 Å². The van der Waals surface area contributed by atoms with Crippen LogP contribution in [0.15, 0.2) is 24.3 Å². The lowest BCUT2D eigenvalue weighted by Gasteiger charge is -2.37. The lowest BCUT2D eigenvalue weighted by atomic mass is 9.75. The van der Waals surface area contributed by atoms with Gasteiger partial charge in [0.25, 0.3) is 0 Å². The van der Waals surface area contributed by atoms with Crippen molar-refractivity contribution in [3.8, 4) is 5.75 Å². The molecule has 1 aromatic carbocycles. The van der Waals surface area contributed by atoms with E-state index in [1.165, 1.54) is 0 Å². The first kappa shape index (κ1) is 9.53. The van der Waals surface area contributed by atoms with Gasteiger partial charge in [0.15, 0.2) is 0 Å². The summed E-state index contributed by atoms with van der Waals surface area (Å²) in [6, 6.07) is 7.78. The molecule has 0 heterocycles. The summed E-state index contributed by atoms with van der Waals surface area (Å²) in [6.07, 6.45) is 2.91. The Morgan fingerprint density at radius 3 is 2.36 bits per heavy atom. The summed E-state index contributed by atoms with van der Waals surface area (Å²) in [5.41, 5.74) is 0.470. The predicted molar refractivity (Wildman–Crippen MR) is 55.4 cm³/mol.